The van der Waals surface area contributed by atoms with Crippen molar-refractivity contribution in [3.63, 3.8) is 0 Å². The molecule has 2 N–H and O–H groups in total. The molecule has 0 aliphatic carbocycles. The molecule has 0 bridgehead atoms. The minimum atomic E-state index is -0.174. The van der Waals surface area contributed by atoms with E-state index in [1.54, 1.807) is 19.2 Å². The number of halogens is 1. The Morgan fingerprint density at radius 2 is 2.07 bits per heavy atom. The molecule has 0 spiro atoms. The van der Waals surface area contributed by atoms with Crippen LogP contribution < -0.4 is 10.6 Å². The van der Waals surface area contributed by atoms with E-state index in [2.05, 4.69) is 10.6 Å². The van der Waals surface area contributed by atoms with Crippen LogP contribution in [-0.4, -0.2) is 19.0 Å². The van der Waals surface area contributed by atoms with E-state index in [4.69, 9.17) is 11.6 Å². The molecule has 3 nitrogen and oxygen atoms in total. The SMILES string of the molecule is CNC(=O)c1cc(NC(C)C)ccc1Cl. The maximum Gasteiger partial charge on any atom is 0.252 e. The zero-order valence-corrected chi connectivity index (χ0v) is 9.85. The number of hydrogen-bond donors (Lipinski definition) is 2. The summed E-state index contributed by atoms with van der Waals surface area (Å²) in [7, 11) is 1.58. The van der Waals surface area contributed by atoms with Gasteiger partial charge in [-0.1, -0.05) is 11.6 Å². The van der Waals surface area contributed by atoms with Crippen LogP contribution in [0.1, 0.15) is 24.2 Å². The van der Waals surface area contributed by atoms with Gasteiger partial charge < -0.3 is 10.6 Å². The van der Waals surface area contributed by atoms with E-state index in [1.807, 2.05) is 19.9 Å². The molecule has 0 heterocycles. The van der Waals surface area contributed by atoms with Crippen molar-refractivity contribution in [2.45, 2.75) is 19.9 Å². The van der Waals surface area contributed by atoms with Gasteiger partial charge in [-0.15, -0.1) is 0 Å². The molecule has 0 fully saturated rings. The van der Waals surface area contributed by atoms with Gasteiger partial charge in [-0.3, -0.25) is 4.79 Å². The standard InChI is InChI=1S/C11H15ClN2O/c1-7(2)14-8-4-5-10(12)9(6-8)11(15)13-3/h4-7,14H,1-3H3,(H,13,15). The Morgan fingerprint density at radius 3 is 2.60 bits per heavy atom. The van der Waals surface area contributed by atoms with E-state index in [1.165, 1.54) is 0 Å². The molecule has 0 atom stereocenters. The minimum Gasteiger partial charge on any atom is -0.383 e. The highest BCUT2D eigenvalue weighted by Gasteiger charge is 2.09. The molecule has 0 unspecified atom stereocenters. The largest absolute Gasteiger partial charge is 0.383 e. The first-order chi connectivity index (χ1) is 7.04. The number of benzene rings is 1. The summed E-state index contributed by atoms with van der Waals surface area (Å²) in [5, 5.41) is 6.23. The number of nitrogens with one attached hydrogen (secondary N) is 2. The summed E-state index contributed by atoms with van der Waals surface area (Å²) in [5.41, 5.74) is 1.39. The Hall–Kier alpha value is -1.22. The number of rotatable bonds is 3. The van der Waals surface area contributed by atoms with Crippen LogP contribution in [0.5, 0.6) is 0 Å². The van der Waals surface area contributed by atoms with E-state index in [-0.39, 0.29) is 5.91 Å². The predicted molar refractivity (Wildman–Crippen MR) is 63.6 cm³/mol. The lowest BCUT2D eigenvalue weighted by Crippen LogP contribution is -2.19. The number of anilines is 1. The van der Waals surface area contributed by atoms with Crippen LogP contribution in [0, 0.1) is 0 Å². The van der Waals surface area contributed by atoms with Crippen molar-refractivity contribution < 1.29 is 4.79 Å². The molecule has 0 aliphatic rings. The number of carbonyl (C=O) groups excluding carboxylic acids is 1. The highest BCUT2D eigenvalue weighted by atomic mass is 35.5. The lowest BCUT2D eigenvalue weighted by atomic mass is 10.1. The van der Waals surface area contributed by atoms with Gasteiger partial charge in [0.05, 0.1) is 10.6 Å². The van der Waals surface area contributed by atoms with Crippen LogP contribution in [0.3, 0.4) is 0 Å². The van der Waals surface area contributed by atoms with Gasteiger partial charge >= 0.3 is 0 Å². The molecule has 1 aromatic rings. The van der Waals surface area contributed by atoms with Gasteiger partial charge in [0, 0.05) is 18.8 Å². The normalized spacial score (nSPS) is 10.2. The number of hydrogen-bond acceptors (Lipinski definition) is 2. The van der Waals surface area contributed by atoms with Gasteiger partial charge in [-0.25, -0.2) is 0 Å². The Kier molecular flexibility index (Phi) is 3.97. The fourth-order valence-corrected chi connectivity index (χ4v) is 1.46. The van der Waals surface area contributed by atoms with Gasteiger partial charge in [-0.05, 0) is 32.0 Å². The quantitative estimate of drug-likeness (QED) is 0.832. The molecule has 15 heavy (non-hydrogen) atoms. The Labute approximate surface area is 94.8 Å². The van der Waals surface area contributed by atoms with E-state index < -0.39 is 0 Å². The van der Waals surface area contributed by atoms with Crippen LogP contribution in [0.25, 0.3) is 0 Å². The molecule has 0 radical (unpaired) electrons. The molecular weight excluding hydrogens is 212 g/mol. The molecule has 1 aromatic carbocycles. The van der Waals surface area contributed by atoms with E-state index in [9.17, 15) is 4.79 Å². The topological polar surface area (TPSA) is 41.1 Å². The molecule has 0 aliphatic heterocycles. The Morgan fingerprint density at radius 1 is 1.40 bits per heavy atom. The first-order valence-electron chi connectivity index (χ1n) is 4.82. The maximum absolute atomic E-state index is 11.4. The zero-order valence-electron chi connectivity index (χ0n) is 9.10. The lowest BCUT2D eigenvalue weighted by Gasteiger charge is -2.11. The highest BCUT2D eigenvalue weighted by molar-refractivity contribution is 6.34. The third-order valence-corrected chi connectivity index (χ3v) is 2.22. The van der Waals surface area contributed by atoms with Crippen molar-refractivity contribution in [1.82, 2.24) is 5.32 Å². The summed E-state index contributed by atoms with van der Waals surface area (Å²) in [6.45, 7) is 4.07. The minimum absolute atomic E-state index is 0.174. The van der Waals surface area contributed by atoms with E-state index in [0.29, 0.717) is 16.6 Å². The van der Waals surface area contributed by atoms with Crippen molar-refractivity contribution in [2.24, 2.45) is 0 Å². The van der Waals surface area contributed by atoms with Crippen molar-refractivity contribution in [1.29, 1.82) is 0 Å². The van der Waals surface area contributed by atoms with E-state index >= 15 is 0 Å². The average Bonchev–Trinajstić information content (AvgIpc) is 2.19. The van der Waals surface area contributed by atoms with Crippen LogP contribution in [-0.2, 0) is 0 Å². The van der Waals surface area contributed by atoms with Crippen molar-refractivity contribution in [3.8, 4) is 0 Å². The van der Waals surface area contributed by atoms with Gasteiger partial charge in [0.25, 0.3) is 5.91 Å². The molecule has 0 saturated carbocycles. The third-order valence-electron chi connectivity index (χ3n) is 1.89. The third kappa shape index (κ3) is 3.13. The van der Waals surface area contributed by atoms with Gasteiger partial charge in [0.1, 0.15) is 0 Å². The van der Waals surface area contributed by atoms with Gasteiger partial charge in [0.2, 0.25) is 0 Å². The fourth-order valence-electron chi connectivity index (χ4n) is 1.26. The fraction of sp³-hybridized carbons (Fsp3) is 0.364. The molecule has 1 rings (SSSR count). The number of amides is 1. The molecule has 1 amide bonds. The summed E-state index contributed by atoms with van der Waals surface area (Å²) in [4.78, 5) is 11.4. The summed E-state index contributed by atoms with van der Waals surface area (Å²) in [5.74, 6) is -0.174. The molecule has 82 valence electrons. The molecule has 0 aromatic heterocycles. The van der Waals surface area contributed by atoms with Crippen LogP contribution >= 0.6 is 11.6 Å². The van der Waals surface area contributed by atoms with Crippen LogP contribution in [0.2, 0.25) is 5.02 Å². The zero-order chi connectivity index (χ0) is 11.4. The summed E-state index contributed by atoms with van der Waals surface area (Å²) < 4.78 is 0. The molecule has 0 saturated heterocycles. The summed E-state index contributed by atoms with van der Waals surface area (Å²) in [6.07, 6.45) is 0. The average molecular weight is 227 g/mol. The Balaban J connectivity index is 3.00. The van der Waals surface area contributed by atoms with Gasteiger partial charge in [0.15, 0.2) is 0 Å². The lowest BCUT2D eigenvalue weighted by molar-refractivity contribution is 0.0963. The second-order valence-electron chi connectivity index (χ2n) is 3.57. The van der Waals surface area contributed by atoms with Crippen molar-refractivity contribution in [2.75, 3.05) is 12.4 Å². The monoisotopic (exact) mass is 226 g/mol. The second-order valence-corrected chi connectivity index (χ2v) is 3.98. The van der Waals surface area contributed by atoms with E-state index in [0.717, 1.165) is 5.69 Å². The molecule has 4 heteroatoms. The number of carbonyl (C=O) groups is 1. The Bertz CT molecular complexity index is 364. The second kappa shape index (κ2) is 5.03. The maximum atomic E-state index is 11.4. The van der Waals surface area contributed by atoms with Crippen LogP contribution in [0.4, 0.5) is 5.69 Å². The summed E-state index contributed by atoms with van der Waals surface area (Å²) >= 11 is 5.92. The predicted octanol–water partition coefficient (Wildman–Crippen LogP) is 2.52. The first-order valence-corrected chi connectivity index (χ1v) is 5.20. The summed E-state index contributed by atoms with van der Waals surface area (Å²) in [6, 6.07) is 5.65. The van der Waals surface area contributed by atoms with Crippen LogP contribution in [0.15, 0.2) is 18.2 Å². The highest BCUT2D eigenvalue weighted by Crippen LogP contribution is 2.20. The smallest absolute Gasteiger partial charge is 0.252 e. The van der Waals surface area contributed by atoms with Gasteiger partial charge in [-0.2, -0.15) is 0 Å². The first kappa shape index (κ1) is 11.9. The van der Waals surface area contributed by atoms with Crippen molar-refractivity contribution >= 4 is 23.2 Å². The van der Waals surface area contributed by atoms with Crippen molar-refractivity contribution in [3.05, 3.63) is 28.8 Å². The molecular formula is C11H15ClN2O.